The summed E-state index contributed by atoms with van der Waals surface area (Å²) in [4.78, 5) is 0. The number of benzene rings is 1. The van der Waals surface area contributed by atoms with Gasteiger partial charge in [-0.15, -0.1) is 0 Å². The Hall–Kier alpha value is -0.780. The summed E-state index contributed by atoms with van der Waals surface area (Å²) >= 11 is 0. The molecule has 1 atom stereocenters. The quantitative estimate of drug-likeness (QED) is 0.397. The van der Waals surface area contributed by atoms with Crippen LogP contribution < -0.4 is 0 Å². The van der Waals surface area contributed by atoms with Gasteiger partial charge in [-0.1, -0.05) is 89.5 Å². The lowest BCUT2D eigenvalue weighted by Gasteiger charge is -2.17. The average molecular weight is 259 g/mol. The minimum absolute atomic E-state index is 0.745. The highest BCUT2D eigenvalue weighted by atomic mass is 14.2. The Bertz CT molecular complexity index is 288. The zero-order valence-corrected chi connectivity index (χ0v) is 13.0. The SMILES string of the molecule is CCCCCCCC(CCCCC)c1[c]cccc1. The summed E-state index contributed by atoms with van der Waals surface area (Å²) in [5.41, 5.74) is 1.44. The van der Waals surface area contributed by atoms with E-state index in [1.165, 1.54) is 69.8 Å². The standard InChI is InChI=1S/C19H31/c1-3-5-7-8-11-15-18(14-10-6-4-2)19-16-12-9-13-17-19/h9,12-13,16,18H,3-8,10-11,14-15H2,1-2H3. The van der Waals surface area contributed by atoms with Crippen LogP contribution in [-0.4, -0.2) is 0 Å². The summed E-state index contributed by atoms with van der Waals surface area (Å²) in [7, 11) is 0. The van der Waals surface area contributed by atoms with Crippen molar-refractivity contribution in [2.24, 2.45) is 0 Å². The molecule has 0 N–H and O–H groups in total. The van der Waals surface area contributed by atoms with Crippen molar-refractivity contribution in [1.29, 1.82) is 0 Å². The van der Waals surface area contributed by atoms with E-state index in [1.54, 1.807) is 0 Å². The van der Waals surface area contributed by atoms with Gasteiger partial charge in [0.15, 0.2) is 0 Å². The van der Waals surface area contributed by atoms with Crippen LogP contribution in [-0.2, 0) is 0 Å². The molecule has 0 saturated carbocycles. The third-order valence-electron chi connectivity index (χ3n) is 3.99. The van der Waals surface area contributed by atoms with E-state index in [9.17, 15) is 0 Å². The lowest BCUT2D eigenvalue weighted by Crippen LogP contribution is -1.99. The molecule has 0 nitrogen and oxygen atoms in total. The van der Waals surface area contributed by atoms with E-state index in [0.29, 0.717) is 0 Å². The third kappa shape index (κ3) is 7.40. The van der Waals surface area contributed by atoms with Gasteiger partial charge >= 0.3 is 0 Å². The molecule has 1 aromatic carbocycles. The van der Waals surface area contributed by atoms with Crippen molar-refractivity contribution in [2.75, 3.05) is 0 Å². The Balaban J connectivity index is 2.36. The molecule has 0 fully saturated rings. The van der Waals surface area contributed by atoms with Gasteiger partial charge in [0.2, 0.25) is 0 Å². The second-order valence-corrected chi connectivity index (χ2v) is 5.71. The largest absolute Gasteiger partial charge is 0.0654 e. The number of rotatable bonds is 11. The first-order valence-corrected chi connectivity index (χ1v) is 8.35. The van der Waals surface area contributed by atoms with E-state index >= 15 is 0 Å². The molecule has 0 aliphatic rings. The molecular weight excluding hydrogens is 228 g/mol. The van der Waals surface area contributed by atoms with Crippen LogP contribution in [0.3, 0.4) is 0 Å². The molecule has 0 saturated heterocycles. The monoisotopic (exact) mass is 259 g/mol. The Morgan fingerprint density at radius 1 is 0.842 bits per heavy atom. The van der Waals surface area contributed by atoms with Crippen molar-refractivity contribution in [3.05, 3.63) is 35.9 Å². The highest BCUT2D eigenvalue weighted by molar-refractivity contribution is 5.17. The highest BCUT2D eigenvalue weighted by Gasteiger charge is 2.10. The summed E-state index contributed by atoms with van der Waals surface area (Å²) < 4.78 is 0. The minimum atomic E-state index is 0.745. The maximum Gasteiger partial charge on any atom is -0.0146 e. The predicted octanol–water partition coefficient (Wildman–Crippen LogP) is 6.51. The maximum absolute atomic E-state index is 3.45. The fraction of sp³-hybridized carbons (Fsp3) is 0.684. The second kappa shape index (κ2) is 11.1. The van der Waals surface area contributed by atoms with Crippen molar-refractivity contribution in [3.63, 3.8) is 0 Å². The van der Waals surface area contributed by atoms with Gasteiger partial charge in [-0.3, -0.25) is 0 Å². The molecule has 1 radical (unpaired) electrons. The first-order chi connectivity index (χ1) is 9.38. The normalized spacial score (nSPS) is 12.5. The Morgan fingerprint density at radius 2 is 1.47 bits per heavy atom. The third-order valence-corrected chi connectivity index (χ3v) is 3.99. The fourth-order valence-corrected chi connectivity index (χ4v) is 2.75. The van der Waals surface area contributed by atoms with Gasteiger partial charge in [0.25, 0.3) is 0 Å². The van der Waals surface area contributed by atoms with E-state index in [2.05, 4.69) is 44.2 Å². The highest BCUT2D eigenvalue weighted by Crippen LogP contribution is 2.27. The van der Waals surface area contributed by atoms with Crippen LogP contribution in [0.2, 0.25) is 0 Å². The Labute approximate surface area is 120 Å². The topological polar surface area (TPSA) is 0 Å². The molecule has 0 amide bonds. The Morgan fingerprint density at radius 3 is 2.11 bits per heavy atom. The molecule has 0 aliphatic heterocycles. The molecule has 1 unspecified atom stereocenters. The second-order valence-electron chi connectivity index (χ2n) is 5.71. The van der Waals surface area contributed by atoms with Crippen LogP contribution >= 0.6 is 0 Å². The molecule has 0 aromatic heterocycles. The molecule has 0 aliphatic carbocycles. The summed E-state index contributed by atoms with van der Waals surface area (Å²) in [6.07, 6.45) is 13.7. The van der Waals surface area contributed by atoms with Crippen molar-refractivity contribution >= 4 is 0 Å². The van der Waals surface area contributed by atoms with E-state index in [0.717, 1.165) is 5.92 Å². The van der Waals surface area contributed by atoms with E-state index in [4.69, 9.17) is 0 Å². The summed E-state index contributed by atoms with van der Waals surface area (Å²) in [6.45, 7) is 4.57. The molecule has 107 valence electrons. The van der Waals surface area contributed by atoms with Crippen LogP contribution in [0.5, 0.6) is 0 Å². The molecule has 0 heteroatoms. The zero-order chi connectivity index (χ0) is 13.8. The molecule has 0 heterocycles. The number of hydrogen-bond acceptors (Lipinski definition) is 0. The van der Waals surface area contributed by atoms with Crippen molar-refractivity contribution < 1.29 is 0 Å². The average Bonchev–Trinajstić information content (AvgIpc) is 2.46. The van der Waals surface area contributed by atoms with Crippen LogP contribution in [0.1, 0.15) is 89.5 Å². The van der Waals surface area contributed by atoms with E-state index < -0.39 is 0 Å². The number of hydrogen-bond donors (Lipinski definition) is 0. The smallest absolute Gasteiger partial charge is 0.0146 e. The summed E-state index contributed by atoms with van der Waals surface area (Å²) in [6, 6.07) is 12.0. The van der Waals surface area contributed by atoms with Gasteiger partial charge in [0.1, 0.15) is 0 Å². The van der Waals surface area contributed by atoms with Gasteiger partial charge in [0, 0.05) is 0 Å². The van der Waals surface area contributed by atoms with Crippen LogP contribution in [0.25, 0.3) is 0 Å². The van der Waals surface area contributed by atoms with Crippen molar-refractivity contribution in [3.8, 4) is 0 Å². The molecule has 19 heavy (non-hydrogen) atoms. The minimum Gasteiger partial charge on any atom is -0.0654 e. The van der Waals surface area contributed by atoms with Gasteiger partial charge < -0.3 is 0 Å². The van der Waals surface area contributed by atoms with Crippen LogP contribution in [0.4, 0.5) is 0 Å². The van der Waals surface area contributed by atoms with E-state index in [1.807, 2.05) is 0 Å². The molecule has 0 spiro atoms. The predicted molar refractivity (Wildman–Crippen MR) is 85.5 cm³/mol. The first-order valence-electron chi connectivity index (χ1n) is 8.35. The van der Waals surface area contributed by atoms with Gasteiger partial charge in [0.05, 0.1) is 0 Å². The molecule has 0 bridgehead atoms. The maximum atomic E-state index is 3.45. The van der Waals surface area contributed by atoms with Gasteiger partial charge in [-0.2, -0.15) is 0 Å². The van der Waals surface area contributed by atoms with Crippen molar-refractivity contribution in [2.45, 2.75) is 84.0 Å². The van der Waals surface area contributed by atoms with Crippen LogP contribution in [0.15, 0.2) is 24.3 Å². The summed E-state index contributed by atoms with van der Waals surface area (Å²) in [5, 5.41) is 0. The van der Waals surface area contributed by atoms with Crippen molar-refractivity contribution in [1.82, 2.24) is 0 Å². The van der Waals surface area contributed by atoms with Crippen LogP contribution in [0, 0.1) is 6.07 Å². The van der Waals surface area contributed by atoms with Gasteiger partial charge in [-0.25, -0.2) is 0 Å². The lowest BCUT2D eigenvalue weighted by atomic mass is 9.88. The molecule has 1 aromatic rings. The summed E-state index contributed by atoms with van der Waals surface area (Å²) in [5.74, 6) is 0.745. The zero-order valence-electron chi connectivity index (χ0n) is 13.0. The lowest BCUT2D eigenvalue weighted by molar-refractivity contribution is 0.497. The first kappa shape index (κ1) is 16.3. The fourth-order valence-electron chi connectivity index (χ4n) is 2.75. The number of unbranched alkanes of at least 4 members (excludes halogenated alkanes) is 6. The van der Waals surface area contributed by atoms with E-state index in [-0.39, 0.29) is 0 Å². The molecular formula is C19H31. The Kier molecular flexibility index (Phi) is 9.49. The molecule has 1 rings (SSSR count). The van der Waals surface area contributed by atoms with Gasteiger partial charge in [-0.05, 0) is 30.4 Å².